The van der Waals surface area contributed by atoms with Gasteiger partial charge < -0.3 is 13.8 Å². The second-order valence-electron chi connectivity index (χ2n) is 8.66. The third-order valence-corrected chi connectivity index (χ3v) is 6.14. The summed E-state index contributed by atoms with van der Waals surface area (Å²) >= 11 is 0. The van der Waals surface area contributed by atoms with E-state index in [1.54, 1.807) is 44.7 Å². The van der Waals surface area contributed by atoms with Gasteiger partial charge in [-0.25, -0.2) is 4.79 Å². The van der Waals surface area contributed by atoms with Gasteiger partial charge in [0.15, 0.2) is 0 Å². The second kappa shape index (κ2) is 13.4. The molecule has 0 atom stereocenters. The molecule has 0 radical (unpaired) electrons. The minimum absolute atomic E-state index is 0.317. The van der Waals surface area contributed by atoms with Crippen LogP contribution in [0.1, 0.15) is 91.8 Å². The van der Waals surface area contributed by atoms with Crippen molar-refractivity contribution in [1.82, 2.24) is 4.90 Å². The smallest absolute Gasteiger partial charge is 0.444 e. The molecule has 1 aromatic carbocycles. The summed E-state index contributed by atoms with van der Waals surface area (Å²) in [4.78, 5) is 13.9. The van der Waals surface area contributed by atoms with E-state index in [1.165, 1.54) is 6.08 Å². The van der Waals surface area contributed by atoms with Gasteiger partial charge in [0.25, 0.3) is 0 Å². The van der Waals surface area contributed by atoms with Crippen LogP contribution in [0.5, 0.6) is 0 Å². The molecule has 0 bridgehead atoms. The molecule has 0 unspecified atom stereocenters. The van der Waals surface area contributed by atoms with Gasteiger partial charge in [-0.1, -0.05) is 59.2 Å². The van der Waals surface area contributed by atoms with Gasteiger partial charge in [0.05, 0.1) is 0 Å². The molecular weight excluding hydrogens is 495 g/mol. The minimum atomic E-state index is -5.79. The first-order valence-corrected chi connectivity index (χ1v) is 13.9. The fourth-order valence-corrected chi connectivity index (χ4v) is 4.23. The largest absolute Gasteiger partial charge is 0.534 e. The van der Waals surface area contributed by atoms with Gasteiger partial charge in [-0.2, -0.15) is 21.6 Å². The van der Waals surface area contributed by atoms with Crippen molar-refractivity contribution in [2.45, 2.75) is 98.6 Å². The van der Waals surface area contributed by atoms with Crippen LogP contribution in [0.4, 0.5) is 18.0 Å². The minimum Gasteiger partial charge on any atom is -0.444 e. The first-order chi connectivity index (χ1) is 16.6. The highest BCUT2D eigenvalue weighted by molar-refractivity contribution is 7.87. The van der Waals surface area contributed by atoms with Crippen molar-refractivity contribution >= 4 is 22.0 Å². The van der Waals surface area contributed by atoms with Crippen molar-refractivity contribution in [2.24, 2.45) is 0 Å². The number of hydrogen-bond donors (Lipinski definition) is 0. The average molecular weight is 538 g/mol. The van der Waals surface area contributed by atoms with Crippen LogP contribution in [0.15, 0.2) is 24.3 Å². The van der Waals surface area contributed by atoms with Gasteiger partial charge in [0.1, 0.15) is 11.4 Å². The lowest BCUT2D eigenvalue weighted by Gasteiger charge is -2.39. The van der Waals surface area contributed by atoms with Crippen LogP contribution in [-0.2, 0) is 24.5 Å². The van der Waals surface area contributed by atoms with Crippen LogP contribution in [-0.4, -0.2) is 43.6 Å². The summed E-state index contributed by atoms with van der Waals surface area (Å²) in [7, 11) is -5.79. The van der Waals surface area contributed by atoms with Crippen LogP contribution < -0.4 is 0 Å². The van der Waals surface area contributed by atoms with Crippen LogP contribution in [0.2, 0.25) is 0 Å². The molecule has 36 heavy (non-hydrogen) atoms. The highest BCUT2D eigenvalue weighted by Crippen LogP contribution is 2.48. The van der Waals surface area contributed by atoms with Crippen molar-refractivity contribution < 1.29 is 35.3 Å². The Hall–Kier alpha value is -2.23. The lowest BCUT2D eigenvalue weighted by atomic mass is 9.74. The van der Waals surface area contributed by atoms with E-state index in [1.807, 2.05) is 47.6 Å². The van der Waals surface area contributed by atoms with Gasteiger partial charge in [-0.15, -0.1) is 0 Å². The van der Waals surface area contributed by atoms with Gasteiger partial charge in [0, 0.05) is 24.1 Å². The standard InChI is InChI=1S/C20H24F3NO5S.3C2H6/c1-13-5-6-15-14(11-13)16(29-30(26,27)20(21,22)23)12-19(15)7-9-24(10-8-19)17(25)28-18(2,3)4;3*1-2/h5-6,11-12H,7-10H2,1-4H3;3*1-2H3. The number of piperidine rings is 1. The molecule has 1 aromatic rings. The molecule has 1 aliphatic heterocycles. The summed E-state index contributed by atoms with van der Waals surface area (Å²) in [6.07, 6.45) is 1.80. The number of fused-ring (bicyclic) bond motifs is 2. The highest BCUT2D eigenvalue weighted by Gasteiger charge is 2.51. The molecule has 3 rings (SSSR count). The Labute approximate surface area is 215 Å². The van der Waals surface area contributed by atoms with Crippen LogP contribution in [0.3, 0.4) is 0 Å². The molecule has 1 saturated heterocycles. The predicted octanol–water partition coefficient (Wildman–Crippen LogP) is 7.56. The Morgan fingerprint density at radius 2 is 1.47 bits per heavy atom. The molecule has 208 valence electrons. The third kappa shape index (κ3) is 8.15. The topological polar surface area (TPSA) is 72.9 Å². The van der Waals surface area contributed by atoms with E-state index in [9.17, 15) is 26.4 Å². The van der Waals surface area contributed by atoms with Gasteiger partial charge in [-0.05, 0) is 58.2 Å². The molecule has 1 heterocycles. The molecule has 0 N–H and O–H groups in total. The van der Waals surface area contributed by atoms with E-state index < -0.39 is 32.7 Å². The molecular formula is C26H42F3NO5S. The zero-order valence-electron chi connectivity index (χ0n) is 23.2. The molecule has 2 aliphatic rings. The number of amides is 1. The quantitative estimate of drug-likeness (QED) is 0.287. The number of nitrogens with zero attached hydrogens (tertiary/aromatic N) is 1. The fraction of sp³-hybridized carbons (Fsp3) is 0.654. The van der Waals surface area contributed by atoms with Crippen molar-refractivity contribution in [3.8, 4) is 0 Å². The van der Waals surface area contributed by atoms with E-state index in [0.29, 0.717) is 37.1 Å². The SMILES string of the molecule is CC.CC.CC.Cc1ccc2c(c1)C(OS(=O)(=O)C(F)(F)F)=CC21CCN(C(=O)OC(C)(C)C)CC1. The Kier molecular flexibility index (Phi) is 12.5. The fourth-order valence-electron chi connectivity index (χ4n) is 3.77. The van der Waals surface area contributed by atoms with E-state index in [2.05, 4.69) is 4.18 Å². The summed E-state index contributed by atoms with van der Waals surface area (Å²) in [6.45, 7) is 19.7. The molecule has 0 saturated carbocycles. The molecule has 1 spiro atoms. The number of likely N-dealkylation sites (tertiary alicyclic amines) is 1. The lowest BCUT2D eigenvalue weighted by molar-refractivity contribution is -0.0509. The first-order valence-electron chi connectivity index (χ1n) is 12.5. The number of rotatable bonds is 2. The van der Waals surface area contributed by atoms with Crippen molar-refractivity contribution in [1.29, 1.82) is 0 Å². The van der Waals surface area contributed by atoms with Crippen LogP contribution >= 0.6 is 0 Å². The summed E-state index contributed by atoms with van der Waals surface area (Å²) in [5.74, 6) is -0.322. The number of carbonyl (C=O) groups excluding carboxylic acids is 1. The Morgan fingerprint density at radius 3 is 1.92 bits per heavy atom. The van der Waals surface area contributed by atoms with Crippen molar-refractivity contribution in [3.05, 3.63) is 41.0 Å². The zero-order chi connectivity index (χ0) is 28.5. The maximum absolute atomic E-state index is 12.9. The molecule has 6 nitrogen and oxygen atoms in total. The highest BCUT2D eigenvalue weighted by atomic mass is 32.2. The number of halogens is 3. The summed E-state index contributed by atoms with van der Waals surface area (Å²) < 4.78 is 71.6. The van der Waals surface area contributed by atoms with E-state index in [0.717, 1.165) is 5.56 Å². The number of allylic oxidation sites excluding steroid dienone is 1. The summed E-state index contributed by atoms with van der Waals surface area (Å²) in [5.41, 5.74) is -5.09. The maximum Gasteiger partial charge on any atom is 0.534 e. The Morgan fingerprint density at radius 1 is 0.972 bits per heavy atom. The average Bonchev–Trinajstić information content (AvgIpc) is 3.07. The van der Waals surface area contributed by atoms with Gasteiger partial charge >= 0.3 is 21.7 Å². The summed E-state index contributed by atoms with van der Waals surface area (Å²) in [5, 5.41) is 0. The third-order valence-electron chi connectivity index (χ3n) is 5.17. The molecule has 10 heteroatoms. The van der Waals surface area contributed by atoms with Crippen LogP contribution in [0, 0.1) is 6.92 Å². The number of ether oxygens (including phenoxy) is 1. The molecule has 1 aliphatic carbocycles. The molecule has 1 fully saturated rings. The predicted molar refractivity (Wildman–Crippen MR) is 138 cm³/mol. The van der Waals surface area contributed by atoms with E-state index >= 15 is 0 Å². The van der Waals surface area contributed by atoms with Gasteiger partial charge in [0.2, 0.25) is 0 Å². The number of aryl methyl sites for hydroxylation is 1. The van der Waals surface area contributed by atoms with Crippen molar-refractivity contribution in [3.63, 3.8) is 0 Å². The van der Waals surface area contributed by atoms with Gasteiger partial charge in [-0.3, -0.25) is 0 Å². The number of carbonyl (C=O) groups is 1. The Balaban J connectivity index is 0.00000190. The first kappa shape index (κ1) is 33.8. The van der Waals surface area contributed by atoms with Crippen molar-refractivity contribution in [2.75, 3.05) is 13.1 Å². The zero-order valence-corrected chi connectivity index (χ0v) is 24.0. The molecule has 0 aromatic heterocycles. The Bertz CT molecular complexity index is 988. The van der Waals surface area contributed by atoms with Crippen LogP contribution in [0.25, 0.3) is 5.76 Å². The summed E-state index contributed by atoms with van der Waals surface area (Å²) in [6, 6.07) is 5.21. The number of hydrogen-bond acceptors (Lipinski definition) is 5. The normalized spacial score (nSPS) is 16.1. The molecule has 1 amide bonds. The second-order valence-corrected chi connectivity index (χ2v) is 10.2. The number of alkyl halides is 3. The monoisotopic (exact) mass is 537 g/mol. The lowest BCUT2D eigenvalue weighted by Crippen LogP contribution is -2.45. The maximum atomic E-state index is 12.9. The number of benzene rings is 1. The van der Waals surface area contributed by atoms with E-state index in [-0.39, 0.29) is 5.76 Å². The van der Waals surface area contributed by atoms with E-state index in [4.69, 9.17) is 4.74 Å².